The van der Waals surface area contributed by atoms with Crippen LogP contribution in [0, 0.1) is 16.0 Å². The minimum Gasteiger partial charge on any atom is -0.366 e. The molecule has 2 N–H and O–H groups in total. The van der Waals surface area contributed by atoms with Gasteiger partial charge in [0.1, 0.15) is 5.69 Å². The smallest absolute Gasteiger partial charge is 0.293 e. The van der Waals surface area contributed by atoms with E-state index < -0.39 is 20.9 Å². The minimum atomic E-state index is -3.66. The molecule has 0 bridgehead atoms. The fourth-order valence-electron chi connectivity index (χ4n) is 3.92. The Morgan fingerprint density at radius 1 is 1.16 bits per heavy atom. The third-order valence-electron chi connectivity index (χ3n) is 5.73. The number of amides is 1. The number of hydrogen-bond donors (Lipinski definition) is 2. The molecule has 0 aromatic heterocycles. The van der Waals surface area contributed by atoms with Crippen LogP contribution in [-0.2, 0) is 10.0 Å². The van der Waals surface area contributed by atoms with Gasteiger partial charge in [-0.05, 0) is 61.9 Å². The number of benzene rings is 2. The van der Waals surface area contributed by atoms with E-state index in [0.29, 0.717) is 17.3 Å². The number of sulfonamides is 1. The molecule has 1 unspecified atom stereocenters. The molecule has 1 aliphatic heterocycles. The zero-order valence-electron chi connectivity index (χ0n) is 17.8. The summed E-state index contributed by atoms with van der Waals surface area (Å²) in [6, 6.07) is 10.4. The van der Waals surface area contributed by atoms with Gasteiger partial charge in [0.25, 0.3) is 11.6 Å². The van der Waals surface area contributed by atoms with Crippen molar-refractivity contribution in [2.45, 2.75) is 43.5 Å². The maximum atomic E-state index is 12.8. The van der Waals surface area contributed by atoms with Gasteiger partial charge in [-0.2, -0.15) is 0 Å². The average Bonchev–Trinajstić information content (AvgIpc) is 3.57. The summed E-state index contributed by atoms with van der Waals surface area (Å²) >= 11 is 0. The summed E-state index contributed by atoms with van der Waals surface area (Å²) in [6.07, 6.45) is 3.70. The van der Waals surface area contributed by atoms with Crippen molar-refractivity contribution >= 4 is 33.0 Å². The number of nitro benzene ring substituents is 1. The van der Waals surface area contributed by atoms with Gasteiger partial charge in [-0.25, -0.2) is 13.1 Å². The molecule has 1 atom stereocenters. The zero-order valence-corrected chi connectivity index (χ0v) is 18.6. The molecule has 2 aromatic carbocycles. The maximum absolute atomic E-state index is 12.8. The SMILES string of the molecule is CC1CCCN(c2ccc(C(=O)Nc3cccc(S(=O)(=O)NC4CC4)c3)cc2[N+](=O)[O-])C1. The van der Waals surface area contributed by atoms with E-state index in [2.05, 4.69) is 17.0 Å². The molecule has 4 rings (SSSR count). The number of hydrogen-bond acceptors (Lipinski definition) is 6. The van der Waals surface area contributed by atoms with Crippen molar-refractivity contribution in [3.8, 4) is 0 Å². The Labute approximate surface area is 187 Å². The van der Waals surface area contributed by atoms with Gasteiger partial charge in [0.05, 0.1) is 9.82 Å². The van der Waals surface area contributed by atoms with Gasteiger partial charge >= 0.3 is 0 Å². The van der Waals surface area contributed by atoms with Crippen LogP contribution in [0.25, 0.3) is 0 Å². The topological polar surface area (TPSA) is 122 Å². The van der Waals surface area contributed by atoms with Gasteiger partial charge in [-0.15, -0.1) is 0 Å². The molecule has 2 aromatic rings. The normalized spacial score (nSPS) is 18.9. The Balaban J connectivity index is 1.54. The van der Waals surface area contributed by atoms with Crippen LogP contribution in [0.3, 0.4) is 0 Å². The van der Waals surface area contributed by atoms with Gasteiger partial charge in [-0.3, -0.25) is 14.9 Å². The van der Waals surface area contributed by atoms with Crippen LogP contribution in [0.15, 0.2) is 47.4 Å². The second-order valence-corrected chi connectivity index (χ2v) is 10.2. The van der Waals surface area contributed by atoms with Crippen LogP contribution in [0.1, 0.15) is 43.0 Å². The van der Waals surface area contributed by atoms with Gasteiger partial charge in [-0.1, -0.05) is 13.0 Å². The first-order valence-electron chi connectivity index (χ1n) is 10.7. The number of carbonyl (C=O) groups is 1. The predicted molar refractivity (Wildman–Crippen MR) is 121 cm³/mol. The molecule has 1 amide bonds. The number of rotatable bonds is 7. The van der Waals surface area contributed by atoms with E-state index in [1.807, 2.05) is 4.90 Å². The third-order valence-corrected chi connectivity index (χ3v) is 7.25. The van der Waals surface area contributed by atoms with Crippen molar-refractivity contribution in [2.75, 3.05) is 23.3 Å². The molecule has 170 valence electrons. The van der Waals surface area contributed by atoms with Crippen molar-refractivity contribution in [1.82, 2.24) is 4.72 Å². The first kappa shape index (κ1) is 22.2. The molecule has 1 saturated carbocycles. The number of nitro groups is 1. The van der Waals surface area contributed by atoms with E-state index in [9.17, 15) is 23.3 Å². The van der Waals surface area contributed by atoms with Crippen molar-refractivity contribution in [3.05, 3.63) is 58.1 Å². The van der Waals surface area contributed by atoms with Crippen LogP contribution in [-0.4, -0.2) is 38.4 Å². The summed E-state index contributed by atoms with van der Waals surface area (Å²) in [5, 5.41) is 14.3. The first-order chi connectivity index (χ1) is 15.2. The van der Waals surface area contributed by atoms with E-state index in [-0.39, 0.29) is 22.2 Å². The van der Waals surface area contributed by atoms with Gasteiger partial charge in [0.15, 0.2) is 0 Å². The number of carbonyl (C=O) groups excluding carboxylic acids is 1. The monoisotopic (exact) mass is 458 g/mol. The molecule has 9 nitrogen and oxygen atoms in total. The highest BCUT2D eigenvalue weighted by atomic mass is 32.2. The molecule has 2 fully saturated rings. The predicted octanol–water partition coefficient (Wildman–Crippen LogP) is 3.52. The number of nitrogens with one attached hydrogen (secondary N) is 2. The van der Waals surface area contributed by atoms with Crippen molar-refractivity contribution in [2.24, 2.45) is 5.92 Å². The van der Waals surface area contributed by atoms with Crippen LogP contribution >= 0.6 is 0 Å². The van der Waals surface area contributed by atoms with Gasteiger partial charge in [0, 0.05) is 36.4 Å². The number of anilines is 2. The second-order valence-electron chi connectivity index (χ2n) is 8.53. The fraction of sp³-hybridized carbons (Fsp3) is 0.409. The first-order valence-corrected chi connectivity index (χ1v) is 12.2. The Kier molecular flexibility index (Phi) is 6.16. The lowest BCUT2D eigenvalue weighted by Crippen LogP contribution is -2.34. The summed E-state index contributed by atoms with van der Waals surface area (Å²) in [5.74, 6) is -0.0966. The fourth-order valence-corrected chi connectivity index (χ4v) is 5.27. The molecular weight excluding hydrogens is 432 g/mol. The lowest BCUT2D eigenvalue weighted by atomic mass is 9.99. The summed E-state index contributed by atoms with van der Waals surface area (Å²) in [4.78, 5) is 26.0. The van der Waals surface area contributed by atoms with E-state index in [4.69, 9.17) is 0 Å². The molecule has 0 radical (unpaired) electrons. The van der Waals surface area contributed by atoms with Gasteiger partial charge < -0.3 is 10.2 Å². The van der Waals surface area contributed by atoms with Crippen LogP contribution in [0.5, 0.6) is 0 Å². The maximum Gasteiger partial charge on any atom is 0.293 e. The molecule has 10 heteroatoms. The quantitative estimate of drug-likeness (QED) is 0.484. The van der Waals surface area contributed by atoms with Crippen LogP contribution in [0.4, 0.5) is 17.1 Å². The number of nitrogens with zero attached hydrogens (tertiary/aromatic N) is 2. The molecule has 2 aliphatic rings. The van der Waals surface area contributed by atoms with Crippen LogP contribution in [0.2, 0.25) is 0 Å². The van der Waals surface area contributed by atoms with E-state index in [1.165, 1.54) is 18.2 Å². The molecular formula is C22H26N4O5S. The summed E-state index contributed by atoms with van der Waals surface area (Å²) in [5.41, 5.74) is 0.828. The Hall–Kier alpha value is -2.98. The Morgan fingerprint density at radius 3 is 2.62 bits per heavy atom. The summed E-state index contributed by atoms with van der Waals surface area (Å²) in [7, 11) is -3.66. The Morgan fingerprint density at radius 2 is 1.94 bits per heavy atom. The molecule has 1 heterocycles. The molecule has 32 heavy (non-hydrogen) atoms. The van der Waals surface area contributed by atoms with Crippen molar-refractivity contribution < 1.29 is 18.1 Å². The van der Waals surface area contributed by atoms with E-state index in [0.717, 1.165) is 38.8 Å². The highest BCUT2D eigenvalue weighted by Gasteiger charge is 2.28. The number of piperidine rings is 1. The average molecular weight is 459 g/mol. The highest BCUT2D eigenvalue weighted by Crippen LogP contribution is 2.32. The van der Waals surface area contributed by atoms with E-state index >= 15 is 0 Å². The summed E-state index contributed by atoms with van der Waals surface area (Å²) < 4.78 is 27.4. The standard InChI is InChI=1S/C22H26N4O5S/c1-15-4-3-11-25(14-15)20-10-7-16(12-21(20)26(28)29)22(27)23-18-5-2-6-19(13-18)32(30,31)24-17-8-9-17/h2,5-7,10,12-13,15,17,24H,3-4,8-9,11,14H2,1H3,(H,23,27). The summed E-state index contributed by atoms with van der Waals surface area (Å²) in [6.45, 7) is 3.60. The zero-order chi connectivity index (χ0) is 22.9. The largest absolute Gasteiger partial charge is 0.366 e. The third kappa shape index (κ3) is 5.08. The van der Waals surface area contributed by atoms with E-state index in [1.54, 1.807) is 24.3 Å². The molecule has 0 spiro atoms. The van der Waals surface area contributed by atoms with Gasteiger partial charge in [0.2, 0.25) is 10.0 Å². The highest BCUT2D eigenvalue weighted by molar-refractivity contribution is 7.89. The second kappa shape index (κ2) is 8.87. The lowest BCUT2D eigenvalue weighted by Gasteiger charge is -2.32. The molecule has 1 aliphatic carbocycles. The minimum absolute atomic E-state index is 0.0276. The van der Waals surface area contributed by atoms with Crippen molar-refractivity contribution in [1.29, 1.82) is 0 Å². The van der Waals surface area contributed by atoms with Crippen molar-refractivity contribution in [3.63, 3.8) is 0 Å². The lowest BCUT2D eigenvalue weighted by molar-refractivity contribution is -0.384. The Bertz CT molecular complexity index is 1150. The van der Waals surface area contributed by atoms with Crippen LogP contribution < -0.4 is 14.9 Å². The molecule has 1 saturated heterocycles.